The number of hydrogen-bond donors (Lipinski definition) is 2. The molecule has 3 N–H and O–H groups in total. The highest BCUT2D eigenvalue weighted by molar-refractivity contribution is 5.96. The number of nitrogens with one attached hydrogen (secondary N) is 1. The molecule has 2 aliphatic carbocycles. The van der Waals surface area contributed by atoms with Gasteiger partial charge in [0.05, 0.1) is 4.92 Å². The summed E-state index contributed by atoms with van der Waals surface area (Å²) in [6, 6.07) is 5.04. The van der Waals surface area contributed by atoms with Crippen molar-refractivity contribution in [2.24, 2.45) is 17.6 Å². The summed E-state index contributed by atoms with van der Waals surface area (Å²) in [5.74, 6) is 0.657. The molecule has 1 aromatic rings. The van der Waals surface area contributed by atoms with Gasteiger partial charge in [0.1, 0.15) is 0 Å². The molecule has 1 aromatic carbocycles. The Labute approximate surface area is 147 Å². The van der Waals surface area contributed by atoms with E-state index in [0.29, 0.717) is 23.0 Å². The number of carbonyl (C=O) groups is 1. The van der Waals surface area contributed by atoms with Crippen LogP contribution in [0.15, 0.2) is 18.2 Å². The van der Waals surface area contributed by atoms with Gasteiger partial charge in [-0.25, -0.2) is 0 Å². The van der Waals surface area contributed by atoms with Gasteiger partial charge in [0.2, 0.25) is 0 Å². The lowest BCUT2D eigenvalue weighted by molar-refractivity contribution is -0.385. The van der Waals surface area contributed by atoms with Crippen LogP contribution in [-0.4, -0.2) is 22.9 Å². The van der Waals surface area contributed by atoms with Gasteiger partial charge in [-0.15, -0.1) is 12.4 Å². The molecule has 2 atom stereocenters. The van der Waals surface area contributed by atoms with Crippen molar-refractivity contribution < 1.29 is 9.72 Å². The summed E-state index contributed by atoms with van der Waals surface area (Å²) in [4.78, 5) is 23.3. The number of carbonyl (C=O) groups excluding carboxylic acids is 1. The summed E-state index contributed by atoms with van der Waals surface area (Å²) in [6.07, 6.45) is 5.31. The highest BCUT2D eigenvalue weighted by Gasteiger charge is 2.40. The predicted octanol–water partition coefficient (Wildman–Crippen LogP) is 2.96. The second-order valence-electron chi connectivity index (χ2n) is 6.89. The number of amides is 1. The summed E-state index contributed by atoms with van der Waals surface area (Å²) in [5, 5.41) is 14.2. The van der Waals surface area contributed by atoms with Gasteiger partial charge in [0, 0.05) is 29.3 Å². The van der Waals surface area contributed by atoms with Crippen LogP contribution in [0.25, 0.3) is 0 Å². The Kier molecular flexibility index (Phi) is 5.83. The zero-order chi connectivity index (χ0) is 16.6. The number of nitro benzene ring substituents is 1. The van der Waals surface area contributed by atoms with Crippen LogP contribution in [0, 0.1) is 28.9 Å². The topological polar surface area (TPSA) is 98.3 Å². The van der Waals surface area contributed by atoms with E-state index < -0.39 is 4.92 Å². The van der Waals surface area contributed by atoms with Gasteiger partial charge in [0.15, 0.2) is 0 Å². The number of fused-ring (bicyclic) bond motifs is 2. The lowest BCUT2D eigenvalue weighted by Crippen LogP contribution is -2.53. The van der Waals surface area contributed by atoms with Gasteiger partial charge in [0.25, 0.3) is 11.6 Å². The zero-order valence-corrected chi connectivity index (χ0v) is 14.6. The summed E-state index contributed by atoms with van der Waals surface area (Å²) >= 11 is 0. The number of rotatable bonds is 3. The first-order valence-corrected chi connectivity index (χ1v) is 8.28. The molecule has 0 saturated heterocycles. The van der Waals surface area contributed by atoms with E-state index in [-0.39, 0.29) is 36.1 Å². The van der Waals surface area contributed by atoms with E-state index in [1.165, 1.54) is 12.5 Å². The first kappa shape index (κ1) is 18.7. The van der Waals surface area contributed by atoms with E-state index in [2.05, 4.69) is 5.32 Å². The maximum Gasteiger partial charge on any atom is 0.273 e. The number of halogens is 1. The molecule has 0 radical (unpaired) electrons. The van der Waals surface area contributed by atoms with Crippen LogP contribution in [0.3, 0.4) is 0 Å². The van der Waals surface area contributed by atoms with Crippen molar-refractivity contribution in [1.29, 1.82) is 0 Å². The van der Waals surface area contributed by atoms with Crippen LogP contribution < -0.4 is 11.1 Å². The molecule has 2 bridgehead atoms. The normalized spacial score (nSPS) is 28.6. The lowest BCUT2D eigenvalue weighted by atomic mass is 9.67. The SMILES string of the molecule is Cc1c(C(=O)NC2C3CCCC2CC(N)C3)cccc1[N+](=O)[O-].Cl. The minimum absolute atomic E-state index is 0. The number of nitrogens with two attached hydrogens (primary N) is 1. The zero-order valence-electron chi connectivity index (χ0n) is 13.7. The van der Waals surface area contributed by atoms with E-state index in [1.54, 1.807) is 19.1 Å². The maximum atomic E-state index is 12.7. The molecule has 24 heavy (non-hydrogen) atoms. The van der Waals surface area contributed by atoms with Gasteiger partial charge in [-0.2, -0.15) is 0 Å². The van der Waals surface area contributed by atoms with Gasteiger partial charge in [-0.3, -0.25) is 14.9 Å². The Morgan fingerprint density at radius 2 is 1.92 bits per heavy atom. The van der Waals surface area contributed by atoms with Gasteiger partial charge >= 0.3 is 0 Å². The molecular formula is C17H24ClN3O3. The molecule has 132 valence electrons. The fraction of sp³-hybridized carbons (Fsp3) is 0.588. The van der Waals surface area contributed by atoms with Crippen molar-refractivity contribution in [3.05, 3.63) is 39.4 Å². The van der Waals surface area contributed by atoms with E-state index in [9.17, 15) is 14.9 Å². The van der Waals surface area contributed by atoms with Crippen LogP contribution in [-0.2, 0) is 0 Å². The Hall–Kier alpha value is -1.66. The molecule has 1 amide bonds. The molecule has 2 fully saturated rings. The Balaban J connectivity index is 0.00000208. The van der Waals surface area contributed by atoms with Crippen LogP contribution in [0.5, 0.6) is 0 Å². The van der Waals surface area contributed by atoms with E-state index >= 15 is 0 Å². The third-order valence-corrected chi connectivity index (χ3v) is 5.42. The Morgan fingerprint density at radius 1 is 1.29 bits per heavy atom. The average Bonchev–Trinajstić information content (AvgIpc) is 2.48. The average molecular weight is 354 g/mol. The van der Waals surface area contributed by atoms with Crippen LogP contribution in [0.4, 0.5) is 5.69 Å². The molecule has 0 heterocycles. The van der Waals surface area contributed by atoms with E-state index in [0.717, 1.165) is 25.7 Å². The predicted molar refractivity (Wildman–Crippen MR) is 94.4 cm³/mol. The molecule has 6 nitrogen and oxygen atoms in total. The monoisotopic (exact) mass is 353 g/mol. The molecular weight excluding hydrogens is 330 g/mol. The van der Waals surface area contributed by atoms with Crippen LogP contribution >= 0.6 is 12.4 Å². The highest BCUT2D eigenvalue weighted by atomic mass is 35.5. The smallest absolute Gasteiger partial charge is 0.273 e. The largest absolute Gasteiger partial charge is 0.349 e. The van der Waals surface area contributed by atoms with E-state index in [4.69, 9.17) is 5.73 Å². The fourth-order valence-electron chi connectivity index (χ4n) is 4.32. The van der Waals surface area contributed by atoms with Crippen molar-refractivity contribution >= 4 is 24.0 Å². The second kappa shape index (κ2) is 7.49. The van der Waals surface area contributed by atoms with Crippen LogP contribution in [0.2, 0.25) is 0 Å². The minimum atomic E-state index is -0.444. The molecule has 2 unspecified atom stereocenters. The van der Waals surface area contributed by atoms with Crippen molar-refractivity contribution in [2.75, 3.05) is 0 Å². The lowest BCUT2D eigenvalue weighted by Gasteiger charge is -2.45. The number of nitrogens with zero attached hydrogens (tertiary/aromatic N) is 1. The van der Waals surface area contributed by atoms with Gasteiger partial charge in [-0.05, 0) is 50.5 Å². The summed E-state index contributed by atoms with van der Waals surface area (Å²) in [5.41, 5.74) is 6.93. The highest BCUT2D eigenvalue weighted by Crippen LogP contribution is 2.39. The van der Waals surface area contributed by atoms with E-state index in [1.807, 2.05) is 0 Å². The molecule has 0 aliphatic heterocycles. The number of nitro groups is 1. The maximum absolute atomic E-state index is 12.7. The summed E-state index contributed by atoms with van der Waals surface area (Å²) in [7, 11) is 0. The van der Waals surface area contributed by atoms with Crippen molar-refractivity contribution in [2.45, 2.75) is 51.1 Å². The Bertz CT molecular complexity index is 624. The van der Waals surface area contributed by atoms with Crippen LogP contribution in [0.1, 0.15) is 48.0 Å². The standard InChI is InChI=1S/C17H23N3O3.ClH/c1-10-14(6-3-7-15(10)20(22)23)17(21)19-16-11-4-2-5-12(16)9-13(18)8-11;/h3,6-7,11-13,16H,2,4-5,8-9,18H2,1H3,(H,19,21);1H. The second-order valence-corrected chi connectivity index (χ2v) is 6.89. The Morgan fingerprint density at radius 3 is 2.50 bits per heavy atom. The minimum Gasteiger partial charge on any atom is -0.349 e. The number of hydrogen-bond acceptors (Lipinski definition) is 4. The third kappa shape index (κ3) is 3.54. The molecule has 2 saturated carbocycles. The molecule has 3 rings (SSSR count). The first-order valence-electron chi connectivity index (χ1n) is 8.28. The molecule has 7 heteroatoms. The van der Waals surface area contributed by atoms with Crippen molar-refractivity contribution in [1.82, 2.24) is 5.32 Å². The summed E-state index contributed by atoms with van der Waals surface area (Å²) < 4.78 is 0. The molecule has 0 aromatic heterocycles. The molecule has 2 aliphatic rings. The first-order chi connectivity index (χ1) is 11.0. The fourth-order valence-corrected chi connectivity index (χ4v) is 4.32. The molecule has 0 spiro atoms. The van der Waals surface area contributed by atoms with Gasteiger partial charge < -0.3 is 11.1 Å². The quantitative estimate of drug-likeness (QED) is 0.644. The summed E-state index contributed by atoms with van der Waals surface area (Å²) in [6.45, 7) is 1.63. The van der Waals surface area contributed by atoms with Crippen molar-refractivity contribution in [3.63, 3.8) is 0 Å². The number of benzene rings is 1. The van der Waals surface area contributed by atoms with Crippen molar-refractivity contribution in [3.8, 4) is 0 Å². The van der Waals surface area contributed by atoms with Gasteiger partial charge in [-0.1, -0.05) is 12.5 Å². The third-order valence-electron chi connectivity index (χ3n) is 5.42.